The zero-order valence-corrected chi connectivity index (χ0v) is 20.3. The molecule has 1 aliphatic heterocycles. The lowest BCUT2D eigenvalue weighted by Crippen LogP contribution is -2.27. The van der Waals surface area contributed by atoms with Crippen molar-refractivity contribution in [3.05, 3.63) is 59.1 Å². The van der Waals surface area contributed by atoms with Crippen molar-refractivity contribution in [2.75, 3.05) is 27.9 Å². The highest BCUT2D eigenvalue weighted by molar-refractivity contribution is 8.26. The summed E-state index contributed by atoms with van der Waals surface area (Å²) in [7, 11) is 4.70. The van der Waals surface area contributed by atoms with Gasteiger partial charge in [-0.3, -0.25) is 9.69 Å². The summed E-state index contributed by atoms with van der Waals surface area (Å²) in [5.74, 6) is 1.43. The van der Waals surface area contributed by atoms with Gasteiger partial charge in [0.2, 0.25) is 5.75 Å². The van der Waals surface area contributed by atoms with Gasteiger partial charge in [0, 0.05) is 23.9 Å². The van der Waals surface area contributed by atoms with Gasteiger partial charge >= 0.3 is 0 Å². The van der Waals surface area contributed by atoms with E-state index in [0.29, 0.717) is 38.7 Å². The van der Waals surface area contributed by atoms with Gasteiger partial charge in [0.05, 0.1) is 31.9 Å². The molecule has 1 aliphatic rings. The Morgan fingerprint density at radius 1 is 1.06 bits per heavy atom. The summed E-state index contributed by atoms with van der Waals surface area (Å²) in [5.41, 5.74) is 3.09. The Hall–Kier alpha value is -3.30. The van der Waals surface area contributed by atoms with Gasteiger partial charge in [0.1, 0.15) is 10.0 Å². The average Bonchev–Trinajstić information content (AvgIpc) is 3.38. The quantitative estimate of drug-likeness (QED) is 0.355. The van der Waals surface area contributed by atoms with E-state index in [2.05, 4.69) is 0 Å². The highest BCUT2D eigenvalue weighted by Crippen LogP contribution is 2.42. The topological polar surface area (TPSA) is 65.8 Å². The number of para-hydroxylation sites is 1. The lowest BCUT2D eigenvalue weighted by atomic mass is 10.1. The lowest BCUT2D eigenvalue weighted by molar-refractivity contribution is -0.121. The van der Waals surface area contributed by atoms with Crippen molar-refractivity contribution in [3.8, 4) is 34.2 Å². The van der Waals surface area contributed by atoms with Crippen molar-refractivity contribution in [2.45, 2.75) is 6.92 Å². The van der Waals surface area contributed by atoms with E-state index >= 15 is 0 Å². The molecular formula is C24H23N3O4S2. The largest absolute Gasteiger partial charge is 0.493 e. The Labute approximate surface area is 201 Å². The predicted octanol–water partition coefficient (Wildman–Crippen LogP) is 4.79. The van der Waals surface area contributed by atoms with Crippen LogP contribution in [0.5, 0.6) is 17.2 Å². The molecule has 1 amide bonds. The number of ether oxygens (including phenoxy) is 3. The van der Waals surface area contributed by atoms with Crippen molar-refractivity contribution in [3.63, 3.8) is 0 Å². The number of carbonyl (C=O) groups excluding carboxylic acids is 1. The van der Waals surface area contributed by atoms with Crippen LogP contribution in [0.3, 0.4) is 0 Å². The van der Waals surface area contributed by atoms with Crippen LogP contribution in [0, 0.1) is 0 Å². The van der Waals surface area contributed by atoms with E-state index in [1.165, 1.54) is 11.8 Å². The molecule has 9 heteroatoms. The standard InChI is InChI=1S/C24H23N3O4S2/c1-5-26-23(28)20(33-24(26)32)13-16-14-27(17-9-7-6-8-10-17)25-21(16)15-11-18(29-2)22(31-4)19(12-15)30-3/h6-14H,5H2,1-4H3/b20-13-. The van der Waals surface area contributed by atoms with Crippen LogP contribution >= 0.6 is 24.0 Å². The molecule has 0 atom stereocenters. The number of aromatic nitrogens is 2. The predicted molar refractivity (Wildman–Crippen MR) is 134 cm³/mol. The van der Waals surface area contributed by atoms with Gasteiger partial charge in [-0.2, -0.15) is 5.10 Å². The number of rotatable bonds is 7. The Morgan fingerprint density at radius 3 is 2.27 bits per heavy atom. The molecule has 2 heterocycles. The Balaban J connectivity index is 1.90. The second-order valence-electron chi connectivity index (χ2n) is 7.05. The molecule has 0 unspecified atom stereocenters. The van der Waals surface area contributed by atoms with Crippen LogP contribution in [0.15, 0.2) is 53.6 Å². The molecule has 0 spiro atoms. The molecule has 2 aromatic carbocycles. The summed E-state index contributed by atoms with van der Waals surface area (Å²) < 4.78 is 18.8. The fraction of sp³-hybridized carbons (Fsp3) is 0.208. The minimum atomic E-state index is -0.101. The number of thiocarbonyl (C=S) groups is 1. The molecule has 3 aromatic rings. The fourth-order valence-electron chi connectivity index (χ4n) is 3.56. The first-order chi connectivity index (χ1) is 16.0. The van der Waals surface area contributed by atoms with Gasteiger partial charge in [-0.25, -0.2) is 4.68 Å². The van der Waals surface area contributed by atoms with E-state index in [9.17, 15) is 4.79 Å². The molecule has 0 radical (unpaired) electrons. The van der Waals surface area contributed by atoms with Crippen LogP contribution in [0.4, 0.5) is 0 Å². The highest BCUT2D eigenvalue weighted by Gasteiger charge is 2.31. The molecule has 1 saturated heterocycles. The maximum atomic E-state index is 12.8. The van der Waals surface area contributed by atoms with Crippen LogP contribution in [-0.2, 0) is 4.79 Å². The van der Waals surface area contributed by atoms with Crippen LogP contribution < -0.4 is 14.2 Å². The first kappa shape index (κ1) is 22.9. The first-order valence-corrected chi connectivity index (χ1v) is 11.4. The molecule has 0 saturated carbocycles. The van der Waals surface area contributed by atoms with E-state index in [1.54, 1.807) is 30.9 Å². The second kappa shape index (κ2) is 9.68. The molecule has 7 nitrogen and oxygen atoms in total. The molecule has 33 heavy (non-hydrogen) atoms. The molecule has 1 aromatic heterocycles. The van der Waals surface area contributed by atoms with Crippen LogP contribution in [0.2, 0.25) is 0 Å². The number of carbonyl (C=O) groups is 1. The van der Waals surface area contributed by atoms with Gasteiger partial charge in [-0.15, -0.1) is 0 Å². The van der Waals surface area contributed by atoms with Crippen molar-refractivity contribution in [2.24, 2.45) is 0 Å². The second-order valence-corrected chi connectivity index (χ2v) is 8.73. The average molecular weight is 482 g/mol. The number of benzene rings is 2. The van der Waals surface area contributed by atoms with E-state index in [0.717, 1.165) is 16.8 Å². The molecule has 170 valence electrons. The third-order valence-electron chi connectivity index (χ3n) is 5.18. The number of amides is 1. The van der Waals surface area contributed by atoms with E-state index < -0.39 is 0 Å². The van der Waals surface area contributed by atoms with Crippen molar-refractivity contribution in [1.29, 1.82) is 0 Å². The fourth-order valence-corrected chi connectivity index (χ4v) is 4.94. The van der Waals surface area contributed by atoms with E-state index in [4.69, 9.17) is 31.5 Å². The van der Waals surface area contributed by atoms with Crippen LogP contribution in [0.1, 0.15) is 12.5 Å². The van der Waals surface area contributed by atoms with Crippen LogP contribution in [-0.4, -0.2) is 52.8 Å². The van der Waals surface area contributed by atoms with Crippen molar-refractivity contribution < 1.29 is 19.0 Å². The van der Waals surface area contributed by atoms with Gasteiger partial charge in [0.25, 0.3) is 5.91 Å². The summed E-state index contributed by atoms with van der Waals surface area (Å²) in [6, 6.07) is 13.5. The number of hydrogen-bond donors (Lipinski definition) is 0. The number of thioether (sulfide) groups is 1. The number of methoxy groups -OCH3 is 3. The van der Waals surface area contributed by atoms with Gasteiger partial charge in [-0.1, -0.05) is 42.2 Å². The minimum Gasteiger partial charge on any atom is -0.493 e. The number of likely N-dealkylation sites (N-methyl/N-ethyl adjacent to an activating group) is 1. The maximum absolute atomic E-state index is 12.8. The molecular weight excluding hydrogens is 458 g/mol. The van der Waals surface area contributed by atoms with E-state index in [1.807, 2.05) is 61.7 Å². The summed E-state index contributed by atoms with van der Waals surface area (Å²) in [6.07, 6.45) is 3.73. The highest BCUT2D eigenvalue weighted by atomic mass is 32.2. The molecule has 4 rings (SSSR count). The Bertz CT molecular complexity index is 1210. The molecule has 0 aliphatic carbocycles. The lowest BCUT2D eigenvalue weighted by Gasteiger charge is -2.13. The summed E-state index contributed by atoms with van der Waals surface area (Å²) >= 11 is 6.66. The first-order valence-electron chi connectivity index (χ1n) is 10.2. The van der Waals surface area contributed by atoms with Crippen molar-refractivity contribution in [1.82, 2.24) is 14.7 Å². The summed E-state index contributed by atoms with van der Waals surface area (Å²) in [6.45, 7) is 2.44. The van der Waals surface area contributed by atoms with Gasteiger partial charge in [0.15, 0.2) is 11.5 Å². The van der Waals surface area contributed by atoms with Crippen molar-refractivity contribution >= 4 is 40.3 Å². The molecule has 0 bridgehead atoms. The monoisotopic (exact) mass is 481 g/mol. The Morgan fingerprint density at radius 2 is 1.73 bits per heavy atom. The summed E-state index contributed by atoms with van der Waals surface area (Å²) in [4.78, 5) is 15.0. The summed E-state index contributed by atoms with van der Waals surface area (Å²) in [5, 5.41) is 4.84. The molecule has 0 N–H and O–H groups in total. The third kappa shape index (κ3) is 4.34. The molecule has 1 fully saturated rings. The number of hydrogen-bond acceptors (Lipinski definition) is 7. The van der Waals surface area contributed by atoms with E-state index in [-0.39, 0.29) is 5.91 Å². The Kier molecular flexibility index (Phi) is 6.71. The van der Waals surface area contributed by atoms with Gasteiger partial charge in [-0.05, 0) is 37.3 Å². The number of nitrogens with zero attached hydrogens (tertiary/aromatic N) is 3. The zero-order chi connectivity index (χ0) is 23.5. The smallest absolute Gasteiger partial charge is 0.266 e. The minimum absolute atomic E-state index is 0.101. The maximum Gasteiger partial charge on any atom is 0.266 e. The SMILES string of the molecule is CCN1C(=O)/C(=C/c2cn(-c3ccccc3)nc2-c2cc(OC)c(OC)c(OC)c2)SC1=S. The van der Waals surface area contributed by atoms with Gasteiger partial charge < -0.3 is 14.2 Å². The van der Waals surface area contributed by atoms with Crippen LogP contribution in [0.25, 0.3) is 23.0 Å². The normalized spacial score (nSPS) is 14.8. The zero-order valence-electron chi connectivity index (χ0n) is 18.7. The third-order valence-corrected chi connectivity index (χ3v) is 6.56.